The van der Waals surface area contributed by atoms with Gasteiger partial charge in [-0.25, -0.2) is 28.5 Å². The molecule has 9 heterocycles. The molecule has 25 nitrogen and oxygen atoms in total. The minimum absolute atomic E-state index is 0. The molecule has 12 atom stereocenters. The van der Waals surface area contributed by atoms with Gasteiger partial charge in [-0.1, -0.05) is 44.2 Å². The van der Waals surface area contributed by atoms with Crippen LogP contribution in [-0.2, 0) is 42.4 Å². The van der Waals surface area contributed by atoms with Gasteiger partial charge >= 0.3 is 0 Å². The van der Waals surface area contributed by atoms with Crippen LogP contribution in [0.5, 0.6) is 0 Å². The standard InChI is InChI=1S/C21H23N5O2.2C12H13N5O4.ClH/c1-3-17-14(2)19(27-11-15-7-5-4-6-8-15)21(12-22,28-17)18-10-9-16-20(23)24-13-25-26(16)18;2*13-4-12(10(20)9(19)7(3-18)21-12)8-2-1-6-11(14)15-5-16-17(6)8;/h4-10,13-14,17,19H,3,11H2,1-2H3,(H2,23,24,25);2*1-2,5,7,9-10,18-20H,3H2,(H2,14,15,16);1H/t14-,17-,19-,21+;2*7-,9-,10-,12+;/m111./s1. The average Bonchev–Trinajstić information content (AvgIpc) is 4.24. The number of aromatic nitrogens is 9. The Hall–Kier alpha value is -7.16. The van der Waals surface area contributed by atoms with Crippen molar-refractivity contribution in [3.63, 3.8) is 0 Å². The van der Waals surface area contributed by atoms with Crippen molar-refractivity contribution in [1.29, 1.82) is 15.8 Å². The summed E-state index contributed by atoms with van der Waals surface area (Å²) >= 11 is 0. The van der Waals surface area contributed by atoms with E-state index < -0.39 is 72.7 Å². The van der Waals surface area contributed by atoms with Gasteiger partial charge in [0.1, 0.15) is 96.5 Å². The number of hydrogen-bond donors (Lipinski definition) is 9. The minimum Gasteiger partial charge on any atom is -0.394 e. The number of benzene rings is 1. The van der Waals surface area contributed by atoms with Crippen LogP contribution in [0.1, 0.15) is 42.9 Å². The van der Waals surface area contributed by atoms with Gasteiger partial charge in [0.2, 0.25) is 16.8 Å². The zero-order valence-electron chi connectivity index (χ0n) is 37.9. The predicted molar refractivity (Wildman–Crippen MR) is 249 cm³/mol. The van der Waals surface area contributed by atoms with E-state index in [9.17, 15) is 46.4 Å². The summed E-state index contributed by atoms with van der Waals surface area (Å²) in [6.07, 6.45) is -3.93. The normalized spacial score (nSPS) is 29.8. The maximum absolute atomic E-state index is 10.3. The molecule has 3 fully saturated rings. The topological polar surface area (TPSA) is 398 Å². The molecule has 372 valence electrons. The number of hydrogen-bond acceptors (Lipinski definition) is 22. The number of aliphatic hydroxyl groups is 6. The Morgan fingerprint density at radius 1 is 0.606 bits per heavy atom. The lowest BCUT2D eigenvalue weighted by Crippen LogP contribution is -2.40. The zero-order valence-corrected chi connectivity index (χ0v) is 38.7. The molecule has 10 rings (SSSR count). The summed E-state index contributed by atoms with van der Waals surface area (Å²) in [4.78, 5) is 11.7. The first kappa shape index (κ1) is 51.7. The molecule has 3 saturated heterocycles. The van der Waals surface area contributed by atoms with Crippen LogP contribution in [0.4, 0.5) is 17.5 Å². The summed E-state index contributed by atoms with van der Waals surface area (Å²) in [5, 5.41) is 100. The minimum atomic E-state index is -1.85. The molecule has 0 spiro atoms. The highest BCUT2D eigenvalue weighted by Gasteiger charge is 2.59. The summed E-state index contributed by atoms with van der Waals surface area (Å²) in [5.41, 5.74) is 16.1. The Labute approximate surface area is 409 Å². The predicted octanol–water partition coefficient (Wildman–Crippen LogP) is -0.231. The smallest absolute Gasteiger partial charge is 0.225 e. The van der Waals surface area contributed by atoms with E-state index in [0.717, 1.165) is 12.0 Å². The van der Waals surface area contributed by atoms with Crippen LogP contribution in [0.25, 0.3) is 16.6 Å². The van der Waals surface area contributed by atoms with Gasteiger partial charge in [-0.05, 0) is 48.4 Å². The number of nitrogens with two attached hydrogens (primary N) is 3. The van der Waals surface area contributed by atoms with Gasteiger partial charge in [-0.2, -0.15) is 31.1 Å². The van der Waals surface area contributed by atoms with E-state index in [0.29, 0.717) is 34.7 Å². The summed E-state index contributed by atoms with van der Waals surface area (Å²) in [5.74, 6) is 0.805. The van der Waals surface area contributed by atoms with Crippen molar-refractivity contribution >= 4 is 46.4 Å². The first-order valence-corrected chi connectivity index (χ1v) is 21.8. The molecule has 0 bridgehead atoms. The van der Waals surface area contributed by atoms with Crippen molar-refractivity contribution in [2.75, 3.05) is 30.4 Å². The molecule has 3 aliphatic rings. The van der Waals surface area contributed by atoms with Crippen molar-refractivity contribution in [3.05, 3.63) is 108 Å². The Balaban J connectivity index is 0.000000158. The quantitative estimate of drug-likeness (QED) is 0.0902. The number of nitriles is 3. The van der Waals surface area contributed by atoms with E-state index in [1.54, 1.807) is 16.6 Å². The second-order valence-corrected chi connectivity index (χ2v) is 16.7. The van der Waals surface area contributed by atoms with Gasteiger partial charge in [-0.15, -0.1) is 12.4 Å². The largest absolute Gasteiger partial charge is 0.394 e. The van der Waals surface area contributed by atoms with Crippen LogP contribution in [0, 0.1) is 39.9 Å². The molecule has 6 aromatic heterocycles. The van der Waals surface area contributed by atoms with E-state index in [1.807, 2.05) is 54.6 Å². The van der Waals surface area contributed by atoms with Gasteiger partial charge < -0.3 is 66.8 Å². The third-order valence-corrected chi connectivity index (χ3v) is 12.8. The molecule has 71 heavy (non-hydrogen) atoms. The highest BCUT2D eigenvalue weighted by Crippen LogP contribution is 2.46. The molecule has 26 heteroatoms. The van der Waals surface area contributed by atoms with Gasteiger partial charge in [0, 0.05) is 5.92 Å². The Morgan fingerprint density at radius 3 is 1.34 bits per heavy atom. The van der Waals surface area contributed by atoms with Crippen molar-refractivity contribution in [2.24, 2.45) is 5.92 Å². The molecule has 0 unspecified atom stereocenters. The fraction of sp³-hybridized carbons (Fsp3) is 0.400. The third-order valence-electron chi connectivity index (χ3n) is 12.8. The second-order valence-electron chi connectivity index (χ2n) is 16.7. The summed E-state index contributed by atoms with van der Waals surface area (Å²) in [6.45, 7) is 3.48. The summed E-state index contributed by atoms with van der Waals surface area (Å²) < 4.78 is 27.8. The van der Waals surface area contributed by atoms with Crippen molar-refractivity contribution in [1.82, 2.24) is 43.8 Å². The molecule has 12 N–H and O–H groups in total. The molecule has 1 aromatic carbocycles. The van der Waals surface area contributed by atoms with Crippen molar-refractivity contribution < 1.29 is 49.6 Å². The molecule has 0 amide bonds. The zero-order chi connectivity index (χ0) is 50.1. The first-order valence-electron chi connectivity index (χ1n) is 21.8. The Kier molecular flexibility index (Phi) is 15.0. The highest BCUT2D eigenvalue weighted by molar-refractivity contribution is 5.85. The fourth-order valence-electron chi connectivity index (χ4n) is 9.18. The summed E-state index contributed by atoms with van der Waals surface area (Å²) in [6, 6.07) is 25.9. The number of anilines is 3. The van der Waals surface area contributed by atoms with Gasteiger partial charge in [0.15, 0.2) is 17.5 Å². The first-order chi connectivity index (χ1) is 33.7. The molecular weight excluding hydrogens is 946 g/mol. The van der Waals surface area contributed by atoms with Gasteiger partial charge in [0.05, 0.1) is 43.0 Å². The number of nitrogens with zero attached hydrogens (tertiary/aromatic N) is 12. The van der Waals surface area contributed by atoms with Crippen LogP contribution in [0.3, 0.4) is 0 Å². The van der Waals surface area contributed by atoms with Crippen LogP contribution in [0.2, 0.25) is 0 Å². The fourth-order valence-corrected chi connectivity index (χ4v) is 9.18. The van der Waals surface area contributed by atoms with Crippen LogP contribution >= 0.6 is 12.4 Å². The van der Waals surface area contributed by atoms with Gasteiger partial charge in [-0.3, -0.25) is 0 Å². The SMILES string of the molecule is CC[C@H]1O[C@@](C#N)(c2ccc3c(N)ncnn23)[C@H](OCc2ccccc2)[C@@H]1C.Cl.N#C[C@@]1(c2ccc3c(N)ncnn23)O[C@H](CO)[C@@H](O)[C@H]1O.N#C[C@@]1(c2ccc3c(N)ncnn23)O[C@H](CO)[C@@H](O)[C@H]1O. The van der Waals surface area contributed by atoms with Crippen LogP contribution < -0.4 is 17.2 Å². The van der Waals surface area contributed by atoms with Crippen LogP contribution in [0.15, 0.2) is 85.7 Å². The molecule has 3 aliphatic heterocycles. The van der Waals surface area contributed by atoms with Crippen molar-refractivity contribution in [2.45, 2.75) is 92.5 Å². The Morgan fingerprint density at radius 2 is 0.986 bits per heavy atom. The maximum atomic E-state index is 10.3. The number of nitrogen functional groups attached to an aromatic ring is 3. The van der Waals surface area contributed by atoms with E-state index >= 15 is 0 Å². The number of halogens is 1. The lowest BCUT2D eigenvalue weighted by molar-refractivity contribution is -0.0817. The number of rotatable bonds is 9. The molecule has 0 saturated carbocycles. The van der Waals surface area contributed by atoms with E-state index in [2.05, 4.69) is 50.2 Å². The second kappa shape index (κ2) is 20.7. The summed E-state index contributed by atoms with van der Waals surface area (Å²) in [7, 11) is 0. The molecule has 0 radical (unpaired) electrons. The van der Waals surface area contributed by atoms with Crippen LogP contribution in [-0.4, -0.2) is 136 Å². The molecular formula is C45H50ClN15O10. The monoisotopic (exact) mass is 995 g/mol. The number of fused-ring (bicyclic) bond motifs is 3. The number of aliphatic hydroxyl groups excluding tert-OH is 6. The van der Waals surface area contributed by atoms with Crippen molar-refractivity contribution in [3.8, 4) is 18.2 Å². The Bertz CT molecular complexity index is 3000. The lowest BCUT2D eigenvalue weighted by Gasteiger charge is -2.28. The maximum Gasteiger partial charge on any atom is 0.225 e. The molecule has 0 aliphatic carbocycles. The van der Waals surface area contributed by atoms with E-state index in [-0.39, 0.29) is 47.5 Å². The third kappa shape index (κ3) is 8.56. The van der Waals surface area contributed by atoms with E-state index in [1.165, 1.54) is 40.1 Å². The highest BCUT2D eigenvalue weighted by atomic mass is 35.5. The molecule has 7 aromatic rings. The van der Waals surface area contributed by atoms with Gasteiger partial charge in [0.25, 0.3) is 0 Å². The number of ether oxygens (including phenoxy) is 4. The average molecular weight is 996 g/mol. The lowest BCUT2D eigenvalue weighted by atomic mass is 9.87. The van der Waals surface area contributed by atoms with E-state index in [4.69, 9.17) is 36.1 Å².